The van der Waals surface area contributed by atoms with Crippen molar-refractivity contribution in [1.29, 1.82) is 0 Å². The standard InChI is InChI=1S/C24H19N5O5/c1-16(23(30)25-18-12-14-20(15-13-18)29(32)33)34-24(31)21-26-22(17-8-4-2-5-9-17)28(27-21)19-10-6-3-7-11-19/h2-16H,1H3,(H,25,30). The Hall–Kier alpha value is -4.86. The molecule has 1 unspecified atom stereocenters. The molecule has 1 aromatic heterocycles. The maximum atomic E-state index is 12.7. The summed E-state index contributed by atoms with van der Waals surface area (Å²) in [6.45, 7) is 1.41. The monoisotopic (exact) mass is 457 g/mol. The van der Waals surface area contributed by atoms with Crippen LogP contribution in [-0.2, 0) is 9.53 Å². The largest absolute Gasteiger partial charge is 0.447 e. The van der Waals surface area contributed by atoms with Gasteiger partial charge in [-0.15, -0.1) is 5.10 Å². The molecular formula is C24H19N5O5. The highest BCUT2D eigenvalue weighted by atomic mass is 16.6. The van der Waals surface area contributed by atoms with Crippen molar-refractivity contribution in [2.45, 2.75) is 13.0 Å². The molecule has 10 nitrogen and oxygen atoms in total. The Morgan fingerprint density at radius 3 is 2.21 bits per heavy atom. The molecule has 0 aliphatic rings. The number of aromatic nitrogens is 3. The maximum absolute atomic E-state index is 12.7. The van der Waals surface area contributed by atoms with Crippen molar-refractivity contribution in [2.24, 2.45) is 0 Å². The van der Waals surface area contributed by atoms with Crippen molar-refractivity contribution < 1.29 is 19.2 Å². The summed E-state index contributed by atoms with van der Waals surface area (Å²) >= 11 is 0. The highest BCUT2D eigenvalue weighted by Crippen LogP contribution is 2.21. The summed E-state index contributed by atoms with van der Waals surface area (Å²) in [5, 5.41) is 17.6. The molecule has 1 N–H and O–H groups in total. The first-order valence-corrected chi connectivity index (χ1v) is 10.3. The van der Waals surface area contributed by atoms with Gasteiger partial charge in [0.25, 0.3) is 17.4 Å². The van der Waals surface area contributed by atoms with Gasteiger partial charge in [-0.2, -0.15) is 0 Å². The van der Waals surface area contributed by atoms with Crippen LogP contribution in [0.25, 0.3) is 17.1 Å². The van der Waals surface area contributed by atoms with Gasteiger partial charge in [-0.05, 0) is 31.2 Å². The van der Waals surface area contributed by atoms with Crippen LogP contribution in [0.4, 0.5) is 11.4 Å². The van der Waals surface area contributed by atoms with Gasteiger partial charge in [0, 0.05) is 23.4 Å². The summed E-state index contributed by atoms with van der Waals surface area (Å²) in [6.07, 6.45) is -1.16. The van der Waals surface area contributed by atoms with Gasteiger partial charge in [-0.3, -0.25) is 14.9 Å². The van der Waals surface area contributed by atoms with Gasteiger partial charge in [0.2, 0.25) is 0 Å². The van der Waals surface area contributed by atoms with E-state index in [1.165, 1.54) is 35.9 Å². The molecule has 0 saturated heterocycles. The lowest BCUT2D eigenvalue weighted by Gasteiger charge is -2.12. The Morgan fingerprint density at radius 1 is 0.971 bits per heavy atom. The number of nitro benzene ring substituents is 1. The maximum Gasteiger partial charge on any atom is 0.379 e. The van der Waals surface area contributed by atoms with Crippen LogP contribution in [0.3, 0.4) is 0 Å². The average Bonchev–Trinajstić information content (AvgIpc) is 3.31. The lowest BCUT2D eigenvalue weighted by atomic mass is 10.2. The van der Waals surface area contributed by atoms with Crippen LogP contribution in [0.15, 0.2) is 84.9 Å². The van der Waals surface area contributed by atoms with Crippen LogP contribution < -0.4 is 5.32 Å². The van der Waals surface area contributed by atoms with E-state index >= 15 is 0 Å². The van der Waals surface area contributed by atoms with Crippen molar-refractivity contribution in [1.82, 2.24) is 14.8 Å². The molecule has 3 aromatic carbocycles. The van der Waals surface area contributed by atoms with E-state index < -0.39 is 22.9 Å². The lowest BCUT2D eigenvalue weighted by Crippen LogP contribution is -2.30. The fraction of sp³-hybridized carbons (Fsp3) is 0.0833. The molecule has 0 saturated carbocycles. The SMILES string of the molecule is CC(OC(=O)c1nc(-c2ccccc2)n(-c2ccccc2)n1)C(=O)Nc1ccc([N+](=O)[O-])cc1. The lowest BCUT2D eigenvalue weighted by molar-refractivity contribution is -0.384. The minimum absolute atomic E-state index is 0.105. The normalized spacial score (nSPS) is 11.4. The van der Waals surface area contributed by atoms with Crippen LogP contribution in [0.5, 0.6) is 0 Å². The van der Waals surface area contributed by atoms with Crippen LogP contribution in [0, 0.1) is 10.1 Å². The number of nitro groups is 1. The Morgan fingerprint density at radius 2 is 1.59 bits per heavy atom. The van der Waals surface area contributed by atoms with E-state index in [1.54, 1.807) is 0 Å². The molecule has 0 spiro atoms. The molecule has 4 rings (SSSR count). The molecule has 1 atom stereocenters. The second-order valence-electron chi connectivity index (χ2n) is 7.21. The Labute approximate surface area is 194 Å². The first-order chi connectivity index (χ1) is 16.4. The Balaban J connectivity index is 1.51. The highest BCUT2D eigenvalue weighted by molar-refractivity contribution is 5.96. The zero-order valence-corrected chi connectivity index (χ0v) is 18.0. The van der Waals surface area contributed by atoms with Gasteiger partial charge in [-0.25, -0.2) is 14.5 Å². The molecule has 1 amide bonds. The second-order valence-corrected chi connectivity index (χ2v) is 7.21. The summed E-state index contributed by atoms with van der Waals surface area (Å²) < 4.78 is 6.81. The van der Waals surface area contributed by atoms with Crippen molar-refractivity contribution >= 4 is 23.3 Å². The molecule has 0 aliphatic heterocycles. The third-order valence-electron chi connectivity index (χ3n) is 4.82. The summed E-state index contributed by atoms with van der Waals surface area (Å²) in [6, 6.07) is 23.8. The number of carbonyl (C=O) groups is 2. The number of nitrogens with zero attached hydrogens (tertiary/aromatic N) is 4. The second kappa shape index (κ2) is 9.74. The quantitative estimate of drug-likeness (QED) is 0.252. The zero-order chi connectivity index (χ0) is 24.1. The zero-order valence-electron chi connectivity index (χ0n) is 18.0. The molecule has 0 radical (unpaired) electrons. The minimum Gasteiger partial charge on any atom is -0.447 e. The fourth-order valence-corrected chi connectivity index (χ4v) is 3.10. The number of para-hydroxylation sites is 1. The van der Waals surface area contributed by atoms with E-state index in [0.29, 0.717) is 17.2 Å². The average molecular weight is 457 g/mol. The molecule has 0 aliphatic carbocycles. The summed E-state index contributed by atoms with van der Waals surface area (Å²) in [7, 11) is 0. The molecule has 170 valence electrons. The molecule has 4 aromatic rings. The number of rotatable bonds is 7. The predicted octanol–water partition coefficient (Wildman–Crippen LogP) is 4.03. The van der Waals surface area contributed by atoms with Gasteiger partial charge in [-0.1, -0.05) is 48.5 Å². The summed E-state index contributed by atoms with van der Waals surface area (Å²) in [5.74, 6) is -1.22. The first-order valence-electron chi connectivity index (χ1n) is 10.3. The smallest absolute Gasteiger partial charge is 0.379 e. The van der Waals surface area contributed by atoms with Gasteiger partial charge in [0.15, 0.2) is 11.9 Å². The van der Waals surface area contributed by atoms with E-state index in [1.807, 2.05) is 60.7 Å². The van der Waals surface area contributed by atoms with Gasteiger partial charge in [0.1, 0.15) is 0 Å². The summed E-state index contributed by atoms with van der Waals surface area (Å²) in [5.41, 5.74) is 1.68. The molecule has 10 heteroatoms. The number of hydrogen-bond donors (Lipinski definition) is 1. The third-order valence-corrected chi connectivity index (χ3v) is 4.82. The Bertz CT molecular complexity index is 1260. The predicted molar refractivity (Wildman–Crippen MR) is 123 cm³/mol. The number of non-ortho nitro benzene ring substituents is 1. The van der Waals surface area contributed by atoms with Gasteiger partial charge >= 0.3 is 5.97 Å². The van der Waals surface area contributed by atoms with Crippen molar-refractivity contribution in [2.75, 3.05) is 5.32 Å². The Kier molecular flexibility index (Phi) is 6.40. The highest BCUT2D eigenvalue weighted by Gasteiger charge is 2.24. The number of hydrogen-bond acceptors (Lipinski definition) is 7. The van der Waals surface area contributed by atoms with E-state index in [0.717, 1.165) is 5.56 Å². The fourth-order valence-electron chi connectivity index (χ4n) is 3.10. The van der Waals surface area contributed by atoms with Crippen molar-refractivity contribution in [3.8, 4) is 17.1 Å². The minimum atomic E-state index is -1.16. The molecule has 1 heterocycles. The van der Waals surface area contributed by atoms with Crippen LogP contribution in [0.1, 0.15) is 17.5 Å². The number of benzene rings is 3. The molecular weight excluding hydrogens is 438 g/mol. The molecule has 34 heavy (non-hydrogen) atoms. The number of carbonyl (C=O) groups excluding carboxylic acids is 2. The van der Waals surface area contributed by atoms with Gasteiger partial charge < -0.3 is 10.1 Å². The van der Waals surface area contributed by atoms with Crippen LogP contribution >= 0.6 is 0 Å². The molecule has 0 bridgehead atoms. The van der Waals surface area contributed by atoms with Crippen molar-refractivity contribution in [3.05, 3.63) is 101 Å². The van der Waals surface area contributed by atoms with Crippen molar-refractivity contribution in [3.63, 3.8) is 0 Å². The van der Waals surface area contributed by atoms with E-state index in [4.69, 9.17) is 4.74 Å². The van der Waals surface area contributed by atoms with E-state index in [2.05, 4.69) is 15.4 Å². The number of anilines is 1. The number of ether oxygens (including phenoxy) is 1. The molecule has 0 fully saturated rings. The number of amides is 1. The van der Waals surface area contributed by atoms with Gasteiger partial charge in [0.05, 0.1) is 10.6 Å². The van der Waals surface area contributed by atoms with Crippen LogP contribution in [0.2, 0.25) is 0 Å². The number of esters is 1. The third kappa shape index (κ3) is 4.96. The summed E-state index contributed by atoms with van der Waals surface area (Å²) in [4.78, 5) is 39.8. The first kappa shape index (κ1) is 22.3. The number of nitrogens with one attached hydrogen (secondary N) is 1. The van der Waals surface area contributed by atoms with E-state index in [-0.39, 0.29) is 11.5 Å². The topological polar surface area (TPSA) is 129 Å². The van der Waals surface area contributed by atoms with Crippen LogP contribution in [-0.4, -0.2) is 37.7 Å². The van der Waals surface area contributed by atoms with E-state index in [9.17, 15) is 19.7 Å².